The summed E-state index contributed by atoms with van der Waals surface area (Å²) >= 11 is 0. The third-order valence-corrected chi connectivity index (χ3v) is 8.01. The first-order chi connectivity index (χ1) is 21.8. The van der Waals surface area contributed by atoms with Crippen LogP contribution in [-0.2, 0) is 0 Å². The summed E-state index contributed by atoms with van der Waals surface area (Å²) in [6, 6.07) is 50.3. The summed E-state index contributed by atoms with van der Waals surface area (Å²) in [6.45, 7) is 0. The maximum absolute atomic E-state index is 4.99. The molecule has 0 N–H and O–H groups in total. The normalized spacial score (nSPS) is 11.2. The van der Waals surface area contributed by atoms with Crippen LogP contribution >= 0.6 is 0 Å². The highest BCUT2D eigenvalue weighted by atomic mass is 15.0. The lowest BCUT2D eigenvalue weighted by Crippen LogP contribution is -2.00. The van der Waals surface area contributed by atoms with Gasteiger partial charge in [-0.3, -0.25) is 4.98 Å². The van der Waals surface area contributed by atoms with E-state index in [1.807, 2.05) is 48.8 Å². The van der Waals surface area contributed by atoms with E-state index in [2.05, 4.69) is 114 Å². The van der Waals surface area contributed by atoms with E-state index < -0.39 is 0 Å². The molecule has 2 heterocycles. The van der Waals surface area contributed by atoms with E-state index in [1.165, 1.54) is 21.7 Å². The second-order valence-electron chi connectivity index (χ2n) is 10.8. The second kappa shape index (κ2) is 11.0. The standard InChI is InChI=1S/C40H26N4/c1-3-8-27(9-4-1)28-14-17-31(18-15-28)39-42-38(30-10-5-2-6-11-30)43-40(44-39)35-13-7-12-32(25-35)33-20-21-36-34(24-33)19-16-29-22-23-41-26-37(29)36/h1-26H. The average Bonchev–Trinajstić information content (AvgIpc) is 3.12. The molecular weight excluding hydrogens is 536 g/mol. The molecule has 0 fully saturated rings. The number of benzene rings is 6. The zero-order valence-electron chi connectivity index (χ0n) is 23.8. The van der Waals surface area contributed by atoms with E-state index in [9.17, 15) is 0 Å². The molecule has 44 heavy (non-hydrogen) atoms. The maximum atomic E-state index is 4.99. The van der Waals surface area contributed by atoms with Gasteiger partial charge in [-0.05, 0) is 56.6 Å². The van der Waals surface area contributed by atoms with Crippen LogP contribution in [0.3, 0.4) is 0 Å². The Balaban J connectivity index is 1.21. The lowest BCUT2D eigenvalue weighted by molar-refractivity contribution is 1.07. The lowest BCUT2D eigenvalue weighted by Gasteiger charge is -2.11. The van der Waals surface area contributed by atoms with Gasteiger partial charge < -0.3 is 0 Å². The maximum Gasteiger partial charge on any atom is 0.164 e. The van der Waals surface area contributed by atoms with Gasteiger partial charge in [0.15, 0.2) is 17.5 Å². The molecule has 0 saturated carbocycles. The molecule has 8 rings (SSSR count). The molecule has 6 aromatic carbocycles. The molecule has 0 aliphatic rings. The summed E-state index contributed by atoms with van der Waals surface area (Å²) in [5.74, 6) is 1.93. The van der Waals surface area contributed by atoms with Crippen molar-refractivity contribution < 1.29 is 0 Å². The van der Waals surface area contributed by atoms with Gasteiger partial charge in [0.2, 0.25) is 0 Å². The largest absolute Gasteiger partial charge is 0.264 e. The first-order valence-electron chi connectivity index (χ1n) is 14.6. The quantitative estimate of drug-likeness (QED) is 0.196. The zero-order chi connectivity index (χ0) is 29.3. The highest BCUT2D eigenvalue weighted by molar-refractivity contribution is 6.08. The van der Waals surface area contributed by atoms with E-state index in [4.69, 9.17) is 15.0 Å². The van der Waals surface area contributed by atoms with Gasteiger partial charge in [-0.2, -0.15) is 0 Å². The van der Waals surface area contributed by atoms with Crippen LogP contribution in [0.1, 0.15) is 0 Å². The fourth-order valence-corrected chi connectivity index (χ4v) is 5.71. The van der Waals surface area contributed by atoms with Gasteiger partial charge in [0.05, 0.1) is 0 Å². The van der Waals surface area contributed by atoms with Crippen molar-refractivity contribution in [3.05, 3.63) is 158 Å². The number of pyridine rings is 1. The van der Waals surface area contributed by atoms with Gasteiger partial charge in [-0.15, -0.1) is 0 Å². The molecule has 0 spiro atoms. The molecule has 0 unspecified atom stereocenters. The van der Waals surface area contributed by atoms with Crippen molar-refractivity contribution in [1.82, 2.24) is 19.9 Å². The molecule has 206 valence electrons. The van der Waals surface area contributed by atoms with Crippen LogP contribution in [0.2, 0.25) is 0 Å². The molecule has 2 aromatic heterocycles. The minimum atomic E-state index is 0.640. The SMILES string of the molecule is c1ccc(-c2ccc(-c3nc(-c4ccccc4)nc(-c4cccc(-c5ccc6c(ccc7ccncc76)c5)c4)n3)cc2)cc1. The number of aromatic nitrogens is 4. The number of rotatable bonds is 5. The van der Waals surface area contributed by atoms with Gasteiger partial charge in [-0.25, -0.2) is 15.0 Å². The highest BCUT2D eigenvalue weighted by Gasteiger charge is 2.13. The van der Waals surface area contributed by atoms with E-state index in [0.717, 1.165) is 38.8 Å². The van der Waals surface area contributed by atoms with Crippen LogP contribution < -0.4 is 0 Å². The molecule has 0 aliphatic heterocycles. The minimum Gasteiger partial charge on any atom is -0.264 e. The second-order valence-corrected chi connectivity index (χ2v) is 10.8. The molecule has 0 aliphatic carbocycles. The first kappa shape index (κ1) is 25.7. The Kier molecular flexibility index (Phi) is 6.43. The Labute approximate surface area is 255 Å². The fourth-order valence-electron chi connectivity index (χ4n) is 5.71. The van der Waals surface area contributed by atoms with Crippen molar-refractivity contribution in [3.63, 3.8) is 0 Å². The molecule has 4 heteroatoms. The summed E-state index contributed by atoms with van der Waals surface area (Å²) in [6.07, 6.45) is 3.78. The monoisotopic (exact) mass is 562 g/mol. The highest BCUT2D eigenvalue weighted by Crippen LogP contribution is 2.32. The van der Waals surface area contributed by atoms with Gasteiger partial charge in [-0.1, -0.05) is 127 Å². The van der Waals surface area contributed by atoms with E-state index in [1.54, 1.807) is 0 Å². The molecule has 0 atom stereocenters. The van der Waals surface area contributed by atoms with E-state index in [0.29, 0.717) is 17.5 Å². The number of fused-ring (bicyclic) bond motifs is 3. The lowest BCUT2D eigenvalue weighted by atomic mass is 9.97. The minimum absolute atomic E-state index is 0.640. The molecule has 0 bridgehead atoms. The van der Waals surface area contributed by atoms with Crippen LogP contribution in [0.4, 0.5) is 0 Å². The molecule has 4 nitrogen and oxygen atoms in total. The third kappa shape index (κ3) is 4.89. The van der Waals surface area contributed by atoms with Crippen molar-refractivity contribution in [2.24, 2.45) is 0 Å². The topological polar surface area (TPSA) is 51.6 Å². The summed E-state index contributed by atoms with van der Waals surface area (Å²) in [5, 5.41) is 4.73. The summed E-state index contributed by atoms with van der Waals surface area (Å²) in [5.41, 5.74) is 7.40. The number of hydrogen-bond donors (Lipinski definition) is 0. The zero-order valence-corrected chi connectivity index (χ0v) is 23.8. The predicted octanol–water partition coefficient (Wildman–Crippen LogP) is 9.91. The molecule has 0 radical (unpaired) electrons. The summed E-state index contributed by atoms with van der Waals surface area (Å²) < 4.78 is 0. The van der Waals surface area contributed by atoms with Crippen LogP contribution in [0.15, 0.2) is 158 Å². The Bertz CT molecular complexity index is 2260. The Hall–Kier alpha value is -6.00. The van der Waals surface area contributed by atoms with Gasteiger partial charge >= 0.3 is 0 Å². The fraction of sp³-hybridized carbons (Fsp3) is 0. The molecule has 0 saturated heterocycles. The Morgan fingerprint density at radius 3 is 1.59 bits per heavy atom. The molecule has 8 aromatic rings. The van der Waals surface area contributed by atoms with Crippen LogP contribution in [0.25, 0.3) is 78.0 Å². The van der Waals surface area contributed by atoms with Crippen LogP contribution in [0, 0.1) is 0 Å². The third-order valence-electron chi connectivity index (χ3n) is 8.01. The Morgan fingerprint density at radius 2 is 0.841 bits per heavy atom. The Morgan fingerprint density at radius 1 is 0.318 bits per heavy atom. The van der Waals surface area contributed by atoms with Crippen molar-refractivity contribution in [1.29, 1.82) is 0 Å². The van der Waals surface area contributed by atoms with Crippen molar-refractivity contribution in [3.8, 4) is 56.4 Å². The average molecular weight is 563 g/mol. The molecular formula is C40H26N4. The smallest absolute Gasteiger partial charge is 0.164 e. The summed E-state index contributed by atoms with van der Waals surface area (Å²) in [7, 11) is 0. The van der Waals surface area contributed by atoms with Crippen molar-refractivity contribution in [2.45, 2.75) is 0 Å². The van der Waals surface area contributed by atoms with Crippen LogP contribution in [0.5, 0.6) is 0 Å². The molecule has 0 amide bonds. The predicted molar refractivity (Wildman–Crippen MR) is 180 cm³/mol. The van der Waals surface area contributed by atoms with Crippen LogP contribution in [-0.4, -0.2) is 19.9 Å². The first-order valence-corrected chi connectivity index (χ1v) is 14.6. The van der Waals surface area contributed by atoms with Gasteiger partial charge in [0, 0.05) is 34.5 Å². The summed E-state index contributed by atoms with van der Waals surface area (Å²) in [4.78, 5) is 19.2. The number of nitrogens with zero attached hydrogens (tertiary/aromatic N) is 4. The van der Waals surface area contributed by atoms with E-state index in [-0.39, 0.29) is 0 Å². The number of hydrogen-bond acceptors (Lipinski definition) is 4. The van der Waals surface area contributed by atoms with Crippen molar-refractivity contribution >= 4 is 21.5 Å². The van der Waals surface area contributed by atoms with Gasteiger partial charge in [0.25, 0.3) is 0 Å². The van der Waals surface area contributed by atoms with Gasteiger partial charge in [0.1, 0.15) is 0 Å². The van der Waals surface area contributed by atoms with Crippen molar-refractivity contribution in [2.75, 3.05) is 0 Å². The van der Waals surface area contributed by atoms with E-state index >= 15 is 0 Å².